The lowest BCUT2D eigenvalue weighted by atomic mass is 10.1. The monoisotopic (exact) mass is 410 g/mol. The van der Waals surface area contributed by atoms with Crippen LogP contribution in [0.4, 0.5) is 0 Å². The summed E-state index contributed by atoms with van der Waals surface area (Å²) in [5.41, 5.74) is 3.97. The predicted octanol–water partition coefficient (Wildman–Crippen LogP) is 4.63. The Kier molecular flexibility index (Phi) is 7.38. The van der Waals surface area contributed by atoms with Crippen molar-refractivity contribution in [2.75, 3.05) is 20.3 Å². The average Bonchev–Trinajstić information content (AvgIpc) is 3.19. The summed E-state index contributed by atoms with van der Waals surface area (Å²) in [6.45, 7) is 6.00. The van der Waals surface area contributed by atoms with Gasteiger partial charge in [0, 0.05) is 24.6 Å². The molecule has 29 heavy (non-hydrogen) atoms. The van der Waals surface area contributed by atoms with Gasteiger partial charge in [-0.05, 0) is 49.2 Å². The molecule has 1 aromatic heterocycles. The number of ether oxygens (including phenoxy) is 2. The Bertz CT molecular complexity index is 940. The Hall–Kier alpha value is -2.70. The number of methoxy groups -OCH3 is 1. The first kappa shape index (κ1) is 21.0. The molecule has 0 unspecified atom stereocenters. The van der Waals surface area contributed by atoms with Gasteiger partial charge in [0.15, 0.2) is 0 Å². The molecule has 152 valence electrons. The number of carbonyl (C=O) groups excluding carboxylic acids is 1. The molecule has 0 fully saturated rings. The highest BCUT2D eigenvalue weighted by molar-refractivity contribution is 7.09. The number of hydrogen-bond acceptors (Lipinski definition) is 5. The van der Waals surface area contributed by atoms with Crippen molar-refractivity contribution in [2.45, 2.75) is 27.0 Å². The van der Waals surface area contributed by atoms with E-state index < -0.39 is 0 Å². The van der Waals surface area contributed by atoms with Crippen molar-refractivity contribution in [1.82, 2.24) is 9.88 Å². The van der Waals surface area contributed by atoms with E-state index in [9.17, 15) is 4.79 Å². The van der Waals surface area contributed by atoms with Gasteiger partial charge in [-0.1, -0.05) is 24.3 Å². The van der Waals surface area contributed by atoms with Crippen molar-refractivity contribution in [3.63, 3.8) is 0 Å². The summed E-state index contributed by atoms with van der Waals surface area (Å²) in [5, 5.41) is 2.87. The largest absolute Gasteiger partial charge is 0.486 e. The van der Waals surface area contributed by atoms with Crippen molar-refractivity contribution in [3.8, 4) is 5.75 Å². The Balaban J connectivity index is 1.63. The smallest absolute Gasteiger partial charge is 0.254 e. The summed E-state index contributed by atoms with van der Waals surface area (Å²) in [4.78, 5) is 19.3. The zero-order valence-electron chi connectivity index (χ0n) is 17.1. The first-order valence-corrected chi connectivity index (χ1v) is 10.4. The molecule has 0 saturated carbocycles. The van der Waals surface area contributed by atoms with Crippen LogP contribution in [0.3, 0.4) is 0 Å². The molecule has 1 amide bonds. The van der Waals surface area contributed by atoms with Gasteiger partial charge in [0.05, 0.1) is 18.8 Å². The zero-order chi connectivity index (χ0) is 20.6. The number of benzene rings is 2. The van der Waals surface area contributed by atoms with Gasteiger partial charge in [-0.15, -0.1) is 11.3 Å². The predicted molar refractivity (Wildman–Crippen MR) is 115 cm³/mol. The second-order valence-corrected chi connectivity index (χ2v) is 7.80. The maximum absolute atomic E-state index is 12.9. The van der Waals surface area contributed by atoms with Crippen molar-refractivity contribution in [1.29, 1.82) is 0 Å². The topological polar surface area (TPSA) is 51.7 Å². The summed E-state index contributed by atoms with van der Waals surface area (Å²) in [6.07, 6.45) is 0. The van der Waals surface area contributed by atoms with Crippen LogP contribution in [-0.4, -0.2) is 36.1 Å². The molecular formula is C23H26N2O3S. The molecule has 0 saturated heterocycles. The lowest BCUT2D eigenvalue weighted by molar-refractivity contribution is 0.0678. The van der Waals surface area contributed by atoms with Crippen LogP contribution in [-0.2, 0) is 17.9 Å². The fourth-order valence-electron chi connectivity index (χ4n) is 2.85. The van der Waals surface area contributed by atoms with E-state index in [1.807, 2.05) is 47.8 Å². The SMILES string of the molecule is COCCN(Cc1csc(COc2ccc(C)c(C)c2)n1)C(=O)c1ccccc1. The van der Waals surface area contributed by atoms with Crippen molar-refractivity contribution in [3.05, 3.63) is 81.3 Å². The number of nitrogens with zero attached hydrogens (tertiary/aromatic N) is 2. The van der Waals surface area contributed by atoms with Crippen LogP contribution in [0.2, 0.25) is 0 Å². The van der Waals surface area contributed by atoms with Gasteiger partial charge in [-0.3, -0.25) is 4.79 Å². The van der Waals surface area contributed by atoms with Gasteiger partial charge in [0.1, 0.15) is 17.4 Å². The minimum absolute atomic E-state index is 0.0245. The van der Waals surface area contributed by atoms with Crippen molar-refractivity contribution < 1.29 is 14.3 Å². The lowest BCUT2D eigenvalue weighted by Crippen LogP contribution is -2.33. The van der Waals surface area contributed by atoms with Crippen LogP contribution in [0.15, 0.2) is 53.9 Å². The van der Waals surface area contributed by atoms with E-state index in [2.05, 4.69) is 24.9 Å². The average molecular weight is 411 g/mol. The summed E-state index contributed by atoms with van der Waals surface area (Å²) in [7, 11) is 1.64. The van der Waals surface area contributed by atoms with E-state index in [1.165, 1.54) is 11.1 Å². The molecule has 0 spiro atoms. The third-order valence-corrected chi connectivity index (χ3v) is 5.54. The van der Waals surface area contributed by atoms with E-state index in [4.69, 9.17) is 9.47 Å². The van der Waals surface area contributed by atoms with Gasteiger partial charge in [0.25, 0.3) is 5.91 Å². The van der Waals surface area contributed by atoms with Crippen LogP contribution in [0.25, 0.3) is 0 Å². The minimum Gasteiger partial charge on any atom is -0.486 e. The maximum atomic E-state index is 12.9. The highest BCUT2D eigenvalue weighted by Crippen LogP contribution is 2.20. The third kappa shape index (κ3) is 5.89. The fourth-order valence-corrected chi connectivity index (χ4v) is 3.55. The molecule has 0 bridgehead atoms. The fraction of sp³-hybridized carbons (Fsp3) is 0.304. The normalized spacial score (nSPS) is 10.7. The van der Waals surface area contributed by atoms with Crippen LogP contribution < -0.4 is 4.74 Å². The van der Waals surface area contributed by atoms with E-state index in [0.29, 0.717) is 31.9 Å². The van der Waals surface area contributed by atoms with Crippen LogP contribution in [0.1, 0.15) is 32.2 Å². The summed E-state index contributed by atoms with van der Waals surface area (Å²) in [5.74, 6) is 0.814. The van der Waals surface area contributed by atoms with Crippen LogP contribution >= 0.6 is 11.3 Å². The number of amides is 1. The molecule has 5 nitrogen and oxygen atoms in total. The first-order chi connectivity index (χ1) is 14.1. The molecule has 2 aromatic carbocycles. The van der Waals surface area contributed by atoms with E-state index in [0.717, 1.165) is 16.5 Å². The van der Waals surface area contributed by atoms with E-state index in [1.54, 1.807) is 23.3 Å². The molecule has 0 aliphatic carbocycles. The number of rotatable bonds is 9. The minimum atomic E-state index is -0.0245. The molecule has 3 aromatic rings. The van der Waals surface area contributed by atoms with Gasteiger partial charge in [-0.2, -0.15) is 0 Å². The standard InChI is InChI=1S/C23H26N2O3S/c1-17-9-10-21(13-18(17)2)28-15-22-24-20(16-29-22)14-25(11-12-27-3)23(26)19-7-5-4-6-8-19/h4-10,13,16H,11-12,14-15H2,1-3H3. The highest BCUT2D eigenvalue weighted by Gasteiger charge is 2.17. The lowest BCUT2D eigenvalue weighted by Gasteiger charge is -2.21. The summed E-state index contributed by atoms with van der Waals surface area (Å²) >= 11 is 1.54. The quantitative estimate of drug-likeness (QED) is 0.516. The number of carbonyl (C=O) groups is 1. The number of aromatic nitrogens is 1. The van der Waals surface area contributed by atoms with Crippen LogP contribution in [0.5, 0.6) is 5.75 Å². The molecular weight excluding hydrogens is 384 g/mol. The Morgan fingerprint density at radius 1 is 1.10 bits per heavy atom. The number of aryl methyl sites for hydroxylation is 2. The van der Waals surface area contributed by atoms with Crippen molar-refractivity contribution in [2.24, 2.45) is 0 Å². The molecule has 0 radical (unpaired) electrons. The molecule has 0 aliphatic heterocycles. The van der Waals surface area contributed by atoms with Gasteiger partial charge in [-0.25, -0.2) is 4.98 Å². The Morgan fingerprint density at radius 3 is 2.62 bits per heavy atom. The highest BCUT2D eigenvalue weighted by atomic mass is 32.1. The third-order valence-electron chi connectivity index (χ3n) is 4.67. The summed E-state index contributed by atoms with van der Waals surface area (Å²) in [6, 6.07) is 15.4. The van der Waals surface area contributed by atoms with Crippen LogP contribution in [0, 0.1) is 13.8 Å². The molecule has 0 aliphatic rings. The van der Waals surface area contributed by atoms with E-state index in [-0.39, 0.29) is 5.91 Å². The maximum Gasteiger partial charge on any atom is 0.254 e. The molecule has 0 N–H and O–H groups in total. The number of thiazole rings is 1. The molecule has 3 rings (SSSR count). The second kappa shape index (κ2) is 10.2. The van der Waals surface area contributed by atoms with Crippen molar-refractivity contribution >= 4 is 17.2 Å². The Morgan fingerprint density at radius 2 is 1.90 bits per heavy atom. The number of hydrogen-bond donors (Lipinski definition) is 0. The zero-order valence-corrected chi connectivity index (χ0v) is 17.9. The van der Waals surface area contributed by atoms with E-state index >= 15 is 0 Å². The van der Waals surface area contributed by atoms with Gasteiger partial charge < -0.3 is 14.4 Å². The molecule has 6 heteroatoms. The summed E-state index contributed by atoms with van der Waals surface area (Å²) < 4.78 is 11.1. The Labute approximate surface area is 175 Å². The van der Waals surface area contributed by atoms with Gasteiger partial charge in [0.2, 0.25) is 0 Å². The second-order valence-electron chi connectivity index (χ2n) is 6.85. The van der Waals surface area contributed by atoms with Gasteiger partial charge >= 0.3 is 0 Å². The molecule has 1 heterocycles. The first-order valence-electron chi connectivity index (χ1n) is 9.53. The molecule has 0 atom stereocenters.